The van der Waals surface area contributed by atoms with Crippen LogP contribution in [-0.2, 0) is 21.3 Å². The van der Waals surface area contributed by atoms with Gasteiger partial charge in [-0.3, -0.25) is 0 Å². The van der Waals surface area contributed by atoms with Crippen molar-refractivity contribution in [1.82, 2.24) is 14.5 Å². The number of carbonyl (C=O) groups excluding carboxylic acids is 1. The van der Waals surface area contributed by atoms with Gasteiger partial charge in [0.05, 0.1) is 19.0 Å². The zero-order chi connectivity index (χ0) is 20.8. The fraction of sp³-hybridized carbons (Fsp3) is 0.562. The number of rotatable bonds is 7. The lowest BCUT2D eigenvalue weighted by Gasteiger charge is -2.26. The molecule has 1 fully saturated rings. The number of carbonyl (C=O) groups is 1. The van der Waals surface area contributed by atoms with Crippen molar-refractivity contribution in [2.75, 3.05) is 45.6 Å². The number of morpholine rings is 1. The van der Waals surface area contributed by atoms with Crippen molar-refractivity contribution in [2.24, 2.45) is 0 Å². The van der Waals surface area contributed by atoms with Gasteiger partial charge in [-0.05, 0) is 17.7 Å². The van der Waals surface area contributed by atoms with Crippen LogP contribution in [0.5, 0.6) is 5.75 Å². The van der Waals surface area contributed by atoms with Gasteiger partial charge in [0.1, 0.15) is 5.75 Å². The Hall–Kier alpha value is -2.05. The maximum absolute atomic E-state index is 12.2. The minimum Gasteiger partial charge on any atom is -0.406 e. The summed E-state index contributed by atoms with van der Waals surface area (Å²) in [4.78, 5) is 13.4. The number of hydrogen-bond donors (Lipinski definition) is 1. The van der Waals surface area contributed by atoms with E-state index in [2.05, 4.69) is 10.1 Å². The number of amides is 2. The van der Waals surface area contributed by atoms with Gasteiger partial charge in [-0.15, -0.1) is 13.2 Å². The van der Waals surface area contributed by atoms with E-state index in [4.69, 9.17) is 4.74 Å². The summed E-state index contributed by atoms with van der Waals surface area (Å²) in [6.45, 7) is 1.37. The van der Waals surface area contributed by atoms with Gasteiger partial charge in [-0.2, -0.15) is 4.31 Å². The number of nitrogens with one attached hydrogen (secondary N) is 1. The van der Waals surface area contributed by atoms with Gasteiger partial charge in [0.15, 0.2) is 0 Å². The van der Waals surface area contributed by atoms with E-state index in [-0.39, 0.29) is 24.6 Å². The van der Waals surface area contributed by atoms with E-state index >= 15 is 0 Å². The molecule has 0 aliphatic carbocycles. The molecule has 1 aliphatic heterocycles. The van der Waals surface area contributed by atoms with Crippen LogP contribution in [0.25, 0.3) is 0 Å². The minimum absolute atomic E-state index is 0.0543. The largest absolute Gasteiger partial charge is 0.573 e. The zero-order valence-electron chi connectivity index (χ0n) is 15.2. The lowest BCUT2D eigenvalue weighted by molar-refractivity contribution is -0.274. The van der Waals surface area contributed by atoms with Crippen molar-refractivity contribution in [3.05, 3.63) is 29.8 Å². The van der Waals surface area contributed by atoms with Crippen LogP contribution < -0.4 is 10.1 Å². The molecule has 28 heavy (non-hydrogen) atoms. The molecule has 158 valence electrons. The van der Waals surface area contributed by atoms with Crippen LogP contribution in [0.2, 0.25) is 0 Å². The van der Waals surface area contributed by atoms with Gasteiger partial charge in [0, 0.05) is 33.2 Å². The van der Waals surface area contributed by atoms with E-state index in [9.17, 15) is 26.4 Å². The Kier molecular flexibility index (Phi) is 7.49. The average Bonchev–Trinajstić information content (AvgIpc) is 2.62. The number of sulfonamides is 1. The summed E-state index contributed by atoms with van der Waals surface area (Å²) in [7, 11) is -1.98. The second-order valence-corrected chi connectivity index (χ2v) is 8.20. The summed E-state index contributed by atoms with van der Waals surface area (Å²) in [6, 6.07) is 4.64. The van der Waals surface area contributed by atoms with Crippen LogP contribution in [0.3, 0.4) is 0 Å². The fourth-order valence-corrected chi connectivity index (χ4v) is 3.84. The first-order chi connectivity index (χ1) is 13.1. The number of halogens is 3. The molecule has 2 rings (SSSR count). The second kappa shape index (κ2) is 9.43. The number of nitrogens with zero attached hydrogens (tertiary/aromatic N) is 2. The first-order valence-electron chi connectivity index (χ1n) is 8.46. The maximum Gasteiger partial charge on any atom is 0.573 e. The summed E-state index contributed by atoms with van der Waals surface area (Å²) in [5.74, 6) is -0.576. The van der Waals surface area contributed by atoms with E-state index in [1.165, 1.54) is 28.4 Å². The molecule has 1 aromatic rings. The van der Waals surface area contributed by atoms with Crippen LogP contribution >= 0.6 is 0 Å². The van der Waals surface area contributed by atoms with Crippen LogP contribution in [-0.4, -0.2) is 75.7 Å². The molecule has 1 heterocycles. The minimum atomic E-state index is -4.76. The van der Waals surface area contributed by atoms with Crippen LogP contribution in [0.4, 0.5) is 18.0 Å². The van der Waals surface area contributed by atoms with Crippen molar-refractivity contribution < 1.29 is 35.9 Å². The molecule has 0 aromatic heterocycles. The van der Waals surface area contributed by atoms with Gasteiger partial charge in [0.25, 0.3) is 0 Å². The molecule has 0 spiro atoms. The number of benzene rings is 1. The van der Waals surface area contributed by atoms with Gasteiger partial charge < -0.3 is 19.7 Å². The molecule has 0 unspecified atom stereocenters. The molecule has 1 N–H and O–H groups in total. The third kappa shape index (κ3) is 7.17. The molecular weight excluding hydrogens is 403 g/mol. The molecular formula is C16H22F3N3O5S. The first kappa shape index (κ1) is 22.2. The van der Waals surface area contributed by atoms with Gasteiger partial charge >= 0.3 is 12.4 Å². The average molecular weight is 425 g/mol. The maximum atomic E-state index is 12.2. The number of hydrogen-bond acceptors (Lipinski definition) is 5. The zero-order valence-corrected chi connectivity index (χ0v) is 16.1. The lowest BCUT2D eigenvalue weighted by Crippen LogP contribution is -2.45. The molecule has 0 saturated carbocycles. The van der Waals surface area contributed by atoms with Crippen molar-refractivity contribution in [3.8, 4) is 5.75 Å². The monoisotopic (exact) mass is 425 g/mol. The van der Waals surface area contributed by atoms with Crippen molar-refractivity contribution in [1.29, 1.82) is 0 Å². The van der Waals surface area contributed by atoms with Crippen LogP contribution in [0.1, 0.15) is 5.56 Å². The molecule has 1 aliphatic rings. The normalized spacial score (nSPS) is 15.9. The number of urea groups is 1. The Balaban J connectivity index is 1.78. The molecule has 8 nitrogen and oxygen atoms in total. The van der Waals surface area contributed by atoms with E-state index in [1.54, 1.807) is 0 Å². The number of alkyl halides is 3. The van der Waals surface area contributed by atoms with Crippen molar-refractivity contribution >= 4 is 16.1 Å². The van der Waals surface area contributed by atoms with E-state index in [1.807, 2.05) is 0 Å². The summed E-state index contributed by atoms with van der Waals surface area (Å²) in [5.41, 5.74) is 0.591. The molecule has 0 atom stereocenters. The Morgan fingerprint density at radius 1 is 1.25 bits per heavy atom. The van der Waals surface area contributed by atoms with E-state index < -0.39 is 22.4 Å². The molecule has 12 heteroatoms. The Labute approximate surface area is 161 Å². The Morgan fingerprint density at radius 3 is 2.43 bits per heavy atom. The predicted octanol–water partition coefficient (Wildman–Crippen LogP) is 1.39. The molecule has 1 aromatic carbocycles. The Morgan fingerprint density at radius 2 is 1.86 bits per heavy atom. The van der Waals surface area contributed by atoms with Gasteiger partial charge in [-0.1, -0.05) is 12.1 Å². The predicted molar refractivity (Wildman–Crippen MR) is 94.2 cm³/mol. The van der Waals surface area contributed by atoms with Crippen LogP contribution in [0.15, 0.2) is 24.3 Å². The van der Waals surface area contributed by atoms with Crippen molar-refractivity contribution in [2.45, 2.75) is 12.9 Å². The first-order valence-corrected chi connectivity index (χ1v) is 10.1. The SMILES string of the molecule is CN(Cc1ccc(OC(F)(F)F)cc1)C(=O)NCCS(=O)(=O)N1CCOCC1. The lowest BCUT2D eigenvalue weighted by atomic mass is 10.2. The van der Waals surface area contributed by atoms with Crippen LogP contribution in [0, 0.1) is 0 Å². The highest BCUT2D eigenvalue weighted by molar-refractivity contribution is 7.89. The third-order valence-corrected chi connectivity index (χ3v) is 5.80. The third-order valence-electron chi connectivity index (χ3n) is 3.92. The summed E-state index contributed by atoms with van der Waals surface area (Å²) in [6.07, 6.45) is -4.76. The highest BCUT2D eigenvalue weighted by atomic mass is 32.2. The van der Waals surface area contributed by atoms with Gasteiger partial charge in [0.2, 0.25) is 10.0 Å². The summed E-state index contributed by atoms with van der Waals surface area (Å²) >= 11 is 0. The standard InChI is InChI=1S/C16H22F3N3O5S/c1-21(12-13-2-4-14(5-3-13)27-16(17,18)19)15(23)20-6-11-28(24,25)22-7-9-26-10-8-22/h2-5H,6-12H2,1H3,(H,20,23). The van der Waals surface area contributed by atoms with Crippen molar-refractivity contribution in [3.63, 3.8) is 0 Å². The quantitative estimate of drug-likeness (QED) is 0.713. The fourth-order valence-electron chi connectivity index (χ4n) is 2.52. The molecule has 1 saturated heterocycles. The van der Waals surface area contributed by atoms with Gasteiger partial charge in [-0.25, -0.2) is 13.2 Å². The molecule has 0 bridgehead atoms. The molecule has 2 amide bonds. The van der Waals surface area contributed by atoms with E-state index in [0.29, 0.717) is 31.9 Å². The second-order valence-electron chi connectivity index (χ2n) is 6.11. The smallest absolute Gasteiger partial charge is 0.406 e. The Bertz CT molecular complexity index is 750. The summed E-state index contributed by atoms with van der Waals surface area (Å²) in [5, 5.41) is 2.52. The van der Waals surface area contributed by atoms with E-state index in [0.717, 1.165) is 12.1 Å². The highest BCUT2D eigenvalue weighted by Gasteiger charge is 2.31. The highest BCUT2D eigenvalue weighted by Crippen LogP contribution is 2.23. The number of ether oxygens (including phenoxy) is 2. The topological polar surface area (TPSA) is 88.2 Å². The summed E-state index contributed by atoms with van der Waals surface area (Å²) < 4.78 is 71.0. The molecule has 0 radical (unpaired) electrons.